The minimum absolute atomic E-state index is 0.241. The molecule has 1 fully saturated rings. The molecule has 2 rings (SSSR count). The molecule has 0 saturated heterocycles. The average Bonchev–Trinajstić information content (AvgIpc) is 2.32. The summed E-state index contributed by atoms with van der Waals surface area (Å²) < 4.78 is 42.2. The molecule has 3 nitrogen and oxygen atoms in total. The zero-order chi connectivity index (χ0) is 14.7. The summed E-state index contributed by atoms with van der Waals surface area (Å²) in [6.07, 6.45) is 3.55. The molecule has 112 valence electrons. The number of alkyl halides is 2. The number of hydrogen-bond donors (Lipinski definition) is 1. The third kappa shape index (κ3) is 3.29. The molecule has 20 heavy (non-hydrogen) atoms. The van der Waals surface area contributed by atoms with Crippen molar-refractivity contribution in [3.8, 4) is 5.75 Å². The summed E-state index contributed by atoms with van der Waals surface area (Å²) >= 11 is 0. The Morgan fingerprint density at radius 3 is 2.60 bits per heavy atom. The van der Waals surface area contributed by atoms with Gasteiger partial charge in [-0.15, -0.1) is 0 Å². The number of ether oxygens (including phenoxy) is 1. The van der Waals surface area contributed by atoms with Crippen molar-refractivity contribution in [3.05, 3.63) is 17.9 Å². The van der Waals surface area contributed by atoms with Crippen molar-refractivity contribution in [2.24, 2.45) is 5.92 Å². The Morgan fingerprint density at radius 1 is 1.40 bits per heavy atom. The number of benzene rings is 1. The molecular formula is C14H19F3N2O. The number of nitrogens with zero attached hydrogens (tertiary/aromatic N) is 1. The van der Waals surface area contributed by atoms with Crippen LogP contribution in [0.25, 0.3) is 0 Å². The quantitative estimate of drug-likeness (QED) is 0.812. The van der Waals surface area contributed by atoms with E-state index in [0.29, 0.717) is 18.2 Å². The van der Waals surface area contributed by atoms with E-state index in [1.54, 1.807) is 0 Å². The van der Waals surface area contributed by atoms with Crippen molar-refractivity contribution in [2.45, 2.75) is 32.8 Å². The fourth-order valence-corrected chi connectivity index (χ4v) is 2.40. The molecule has 0 unspecified atom stereocenters. The fraction of sp³-hybridized carbons (Fsp3) is 0.571. The van der Waals surface area contributed by atoms with Crippen LogP contribution >= 0.6 is 0 Å². The highest BCUT2D eigenvalue weighted by Crippen LogP contribution is 2.34. The smallest absolute Gasteiger partial charge is 0.387 e. The molecule has 1 saturated carbocycles. The van der Waals surface area contributed by atoms with Crippen LogP contribution in [0, 0.1) is 11.7 Å². The normalized spacial score (nSPS) is 15.2. The van der Waals surface area contributed by atoms with Crippen molar-refractivity contribution < 1.29 is 17.9 Å². The minimum atomic E-state index is -3.05. The van der Waals surface area contributed by atoms with E-state index in [1.165, 1.54) is 12.5 Å². The SMILES string of the molecule is CCN(CC1CCC1)c1cc(OC(F)F)c(F)cc1N. The van der Waals surface area contributed by atoms with Gasteiger partial charge in [-0.3, -0.25) is 0 Å². The highest BCUT2D eigenvalue weighted by atomic mass is 19.3. The number of anilines is 2. The van der Waals surface area contributed by atoms with Crippen molar-refractivity contribution in [1.82, 2.24) is 0 Å². The lowest BCUT2D eigenvalue weighted by molar-refractivity contribution is -0.0521. The molecule has 0 bridgehead atoms. The van der Waals surface area contributed by atoms with Gasteiger partial charge in [0.25, 0.3) is 0 Å². The molecule has 6 heteroatoms. The molecule has 0 amide bonds. The molecule has 0 atom stereocenters. The molecule has 0 aromatic heterocycles. The first-order valence-electron chi connectivity index (χ1n) is 6.80. The molecule has 1 aromatic carbocycles. The summed E-state index contributed by atoms with van der Waals surface area (Å²) in [5.74, 6) is -0.735. The van der Waals surface area contributed by atoms with Crippen LogP contribution in [-0.4, -0.2) is 19.7 Å². The van der Waals surface area contributed by atoms with Crippen molar-refractivity contribution >= 4 is 11.4 Å². The van der Waals surface area contributed by atoms with Gasteiger partial charge in [0.1, 0.15) is 0 Å². The first-order chi connectivity index (χ1) is 9.51. The average molecular weight is 288 g/mol. The standard InChI is InChI=1S/C14H19F3N2O/c1-2-19(8-9-4-3-5-9)12-7-13(20-14(16)17)10(15)6-11(12)18/h6-7,9,14H,2-5,8,18H2,1H3. The van der Waals surface area contributed by atoms with Gasteiger partial charge in [0.2, 0.25) is 0 Å². The van der Waals surface area contributed by atoms with Crippen molar-refractivity contribution in [3.63, 3.8) is 0 Å². The number of halogens is 3. The van der Waals surface area contributed by atoms with E-state index in [9.17, 15) is 13.2 Å². The highest BCUT2D eigenvalue weighted by molar-refractivity contribution is 5.70. The Labute approximate surface area is 116 Å². The predicted octanol–water partition coefficient (Wildman–Crippen LogP) is 3.64. The summed E-state index contributed by atoms with van der Waals surface area (Å²) in [5, 5.41) is 0. The van der Waals surface area contributed by atoms with Gasteiger partial charge in [0.15, 0.2) is 11.6 Å². The van der Waals surface area contributed by atoms with E-state index in [4.69, 9.17) is 5.73 Å². The van der Waals surface area contributed by atoms with Crippen LogP contribution in [0.15, 0.2) is 12.1 Å². The first-order valence-corrected chi connectivity index (χ1v) is 6.80. The maximum atomic E-state index is 13.5. The van der Waals surface area contributed by atoms with Gasteiger partial charge in [0, 0.05) is 25.2 Å². The van der Waals surface area contributed by atoms with Gasteiger partial charge < -0.3 is 15.4 Å². The fourth-order valence-electron chi connectivity index (χ4n) is 2.40. The monoisotopic (exact) mass is 288 g/mol. The van der Waals surface area contributed by atoms with Crippen LogP contribution < -0.4 is 15.4 Å². The third-order valence-corrected chi connectivity index (χ3v) is 3.72. The zero-order valence-corrected chi connectivity index (χ0v) is 11.4. The lowest BCUT2D eigenvalue weighted by Gasteiger charge is -2.33. The summed E-state index contributed by atoms with van der Waals surface area (Å²) in [7, 11) is 0. The lowest BCUT2D eigenvalue weighted by Crippen LogP contribution is -2.33. The lowest BCUT2D eigenvalue weighted by atomic mass is 9.85. The number of nitrogens with two attached hydrogens (primary N) is 1. The van der Waals surface area contributed by atoms with Crippen molar-refractivity contribution in [2.75, 3.05) is 23.7 Å². The van der Waals surface area contributed by atoms with E-state index in [2.05, 4.69) is 4.74 Å². The van der Waals surface area contributed by atoms with Gasteiger partial charge in [-0.25, -0.2) is 4.39 Å². The zero-order valence-electron chi connectivity index (χ0n) is 11.4. The van der Waals surface area contributed by atoms with E-state index in [1.807, 2.05) is 11.8 Å². The van der Waals surface area contributed by atoms with Gasteiger partial charge in [0.05, 0.1) is 11.4 Å². The molecular weight excluding hydrogens is 269 g/mol. The van der Waals surface area contributed by atoms with E-state index < -0.39 is 18.2 Å². The number of hydrogen-bond acceptors (Lipinski definition) is 3. The van der Waals surface area contributed by atoms with E-state index >= 15 is 0 Å². The van der Waals surface area contributed by atoms with Crippen molar-refractivity contribution in [1.29, 1.82) is 0 Å². The summed E-state index contributed by atoms with van der Waals surface area (Å²) in [6.45, 7) is 0.387. The van der Waals surface area contributed by atoms with Crippen LogP contribution in [0.3, 0.4) is 0 Å². The molecule has 0 heterocycles. The minimum Gasteiger partial charge on any atom is -0.432 e. The second-order valence-electron chi connectivity index (χ2n) is 5.06. The maximum Gasteiger partial charge on any atom is 0.387 e. The second-order valence-corrected chi connectivity index (χ2v) is 5.06. The predicted molar refractivity (Wildman–Crippen MR) is 72.7 cm³/mol. The van der Waals surface area contributed by atoms with Crippen LogP contribution in [0.1, 0.15) is 26.2 Å². The first kappa shape index (κ1) is 14.8. The Morgan fingerprint density at radius 2 is 2.10 bits per heavy atom. The van der Waals surface area contributed by atoms with Crippen LogP contribution in [0.2, 0.25) is 0 Å². The molecule has 0 aliphatic heterocycles. The largest absolute Gasteiger partial charge is 0.432 e. The Kier molecular flexibility index (Phi) is 4.62. The van der Waals surface area contributed by atoms with Crippen LogP contribution in [-0.2, 0) is 0 Å². The summed E-state index contributed by atoms with van der Waals surface area (Å²) in [5.41, 5.74) is 6.60. The third-order valence-electron chi connectivity index (χ3n) is 3.72. The molecule has 1 aliphatic rings. The Hall–Kier alpha value is -1.59. The second kappa shape index (κ2) is 6.24. The molecule has 0 spiro atoms. The molecule has 0 radical (unpaired) electrons. The Balaban J connectivity index is 2.22. The van der Waals surface area contributed by atoms with Gasteiger partial charge in [-0.2, -0.15) is 8.78 Å². The van der Waals surface area contributed by atoms with E-state index in [-0.39, 0.29) is 5.69 Å². The van der Waals surface area contributed by atoms with Gasteiger partial charge in [-0.05, 0) is 25.7 Å². The van der Waals surface area contributed by atoms with Crippen LogP contribution in [0.5, 0.6) is 5.75 Å². The summed E-state index contributed by atoms with van der Waals surface area (Å²) in [6, 6.07) is 2.30. The van der Waals surface area contributed by atoms with Gasteiger partial charge >= 0.3 is 6.61 Å². The number of rotatable bonds is 6. The molecule has 1 aromatic rings. The summed E-state index contributed by atoms with van der Waals surface area (Å²) in [4.78, 5) is 1.98. The maximum absolute atomic E-state index is 13.5. The van der Waals surface area contributed by atoms with E-state index in [0.717, 1.165) is 25.5 Å². The molecule has 1 aliphatic carbocycles. The van der Waals surface area contributed by atoms with Gasteiger partial charge in [-0.1, -0.05) is 6.42 Å². The highest BCUT2D eigenvalue weighted by Gasteiger charge is 2.22. The number of nitrogen functional groups attached to an aromatic ring is 1. The van der Waals surface area contributed by atoms with Crippen LogP contribution in [0.4, 0.5) is 24.5 Å². The topological polar surface area (TPSA) is 38.5 Å². The Bertz CT molecular complexity index is 464. The molecule has 2 N–H and O–H groups in total.